The van der Waals surface area contributed by atoms with Crippen molar-refractivity contribution in [2.24, 2.45) is 0 Å². The minimum atomic E-state index is -0.188. The quantitative estimate of drug-likeness (QED) is 0.500. The Kier molecular flexibility index (Phi) is 8.31. The lowest BCUT2D eigenvalue weighted by Crippen LogP contribution is -3.18. The van der Waals surface area contributed by atoms with E-state index < -0.39 is 0 Å². The number of thioether (sulfide) groups is 1. The standard InChI is InChI=1S/C25H31N3O5S/c1-3-32-20-7-5-17(15-21(20)33-4-2)9-10-26-23(29)18-6-8-22-19(16-18)27-24(30)25(34-22)28-11-13-31-14-12-28/h5-8,15-16,25H,3-4,9-14H2,1-2H3,(H,26,29)(H,27,30)/p+1. The Morgan fingerprint density at radius 2 is 1.88 bits per heavy atom. The van der Waals surface area contributed by atoms with Crippen LogP contribution in [-0.4, -0.2) is 63.3 Å². The zero-order valence-corrected chi connectivity index (χ0v) is 20.5. The van der Waals surface area contributed by atoms with E-state index in [-0.39, 0.29) is 17.2 Å². The minimum absolute atomic E-state index is 0.0208. The third kappa shape index (κ3) is 5.84. The van der Waals surface area contributed by atoms with Crippen LogP contribution in [0.25, 0.3) is 0 Å². The molecule has 4 rings (SSSR count). The van der Waals surface area contributed by atoms with Crippen LogP contribution in [0.15, 0.2) is 41.3 Å². The molecular weight excluding hydrogens is 454 g/mol. The zero-order chi connectivity index (χ0) is 23.9. The van der Waals surface area contributed by atoms with Crippen molar-refractivity contribution < 1.29 is 28.7 Å². The molecule has 2 aromatic carbocycles. The summed E-state index contributed by atoms with van der Waals surface area (Å²) in [5.74, 6) is 1.25. The van der Waals surface area contributed by atoms with Crippen LogP contribution in [0.3, 0.4) is 0 Å². The monoisotopic (exact) mass is 486 g/mol. The van der Waals surface area contributed by atoms with Gasteiger partial charge in [0.05, 0.1) is 32.1 Å². The molecule has 0 spiro atoms. The number of carbonyl (C=O) groups excluding carboxylic acids is 2. The van der Waals surface area contributed by atoms with Crippen molar-refractivity contribution >= 4 is 29.3 Å². The molecule has 0 aliphatic carbocycles. The highest BCUT2D eigenvalue weighted by molar-refractivity contribution is 8.00. The normalized spacial score (nSPS) is 18.1. The SMILES string of the molecule is CCOc1ccc(CCNC(=O)c2ccc3c(c2)NC(=O)C([NH+]2CCOCC2)S3)cc1OCC. The van der Waals surface area contributed by atoms with E-state index in [9.17, 15) is 9.59 Å². The highest BCUT2D eigenvalue weighted by Gasteiger charge is 2.36. The van der Waals surface area contributed by atoms with Crippen molar-refractivity contribution in [2.75, 3.05) is 51.4 Å². The largest absolute Gasteiger partial charge is 0.490 e. The van der Waals surface area contributed by atoms with E-state index in [0.29, 0.717) is 56.4 Å². The summed E-state index contributed by atoms with van der Waals surface area (Å²) in [5.41, 5.74) is 2.27. The average Bonchev–Trinajstić information content (AvgIpc) is 2.85. The number of carbonyl (C=O) groups is 2. The van der Waals surface area contributed by atoms with Gasteiger partial charge in [-0.15, -0.1) is 0 Å². The van der Waals surface area contributed by atoms with Crippen LogP contribution in [-0.2, 0) is 16.0 Å². The number of nitrogens with one attached hydrogen (secondary N) is 3. The van der Waals surface area contributed by atoms with E-state index in [1.807, 2.05) is 44.2 Å². The molecule has 0 radical (unpaired) electrons. The Hall–Kier alpha value is -2.75. The number of ether oxygens (including phenoxy) is 3. The Bertz CT molecular complexity index is 1030. The van der Waals surface area contributed by atoms with Gasteiger partial charge in [0.2, 0.25) is 5.37 Å². The molecule has 1 unspecified atom stereocenters. The molecule has 2 aromatic rings. The number of hydrogen-bond donors (Lipinski definition) is 3. The van der Waals surface area contributed by atoms with Gasteiger partial charge in [-0.3, -0.25) is 9.59 Å². The molecule has 3 N–H and O–H groups in total. The molecule has 0 aromatic heterocycles. The number of benzene rings is 2. The Morgan fingerprint density at radius 3 is 2.65 bits per heavy atom. The van der Waals surface area contributed by atoms with Gasteiger partial charge in [-0.1, -0.05) is 17.8 Å². The Balaban J connectivity index is 1.34. The third-order valence-corrected chi connectivity index (χ3v) is 7.19. The second-order valence-electron chi connectivity index (χ2n) is 8.12. The lowest BCUT2D eigenvalue weighted by molar-refractivity contribution is -0.909. The molecule has 2 aliphatic heterocycles. The molecule has 2 amide bonds. The van der Waals surface area contributed by atoms with Crippen LogP contribution in [0.4, 0.5) is 5.69 Å². The molecule has 34 heavy (non-hydrogen) atoms. The lowest BCUT2D eigenvalue weighted by Gasteiger charge is -2.32. The minimum Gasteiger partial charge on any atom is -0.490 e. The van der Waals surface area contributed by atoms with Crippen molar-refractivity contribution in [3.63, 3.8) is 0 Å². The summed E-state index contributed by atoms with van der Waals surface area (Å²) in [6.45, 7) is 8.48. The maximum atomic E-state index is 12.7. The summed E-state index contributed by atoms with van der Waals surface area (Å²) in [6, 6.07) is 11.3. The summed E-state index contributed by atoms with van der Waals surface area (Å²) >= 11 is 1.56. The van der Waals surface area contributed by atoms with Gasteiger partial charge in [-0.25, -0.2) is 0 Å². The molecule has 1 fully saturated rings. The lowest BCUT2D eigenvalue weighted by atomic mass is 10.1. The number of hydrogen-bond acceptors (Lipinski definition) is 6. The van der Waals surface area contributed by atoms with Crippen molar-refractivity contribution in [3.8, 4) is 11.5 Å². The predicted molar refractivity (Wildman–Crippen MR) is 131 cm³/mol. The highest BCUT2D eigenvalue weighted by atomic mass is 32.2. The van der Waals surface area contributed by atoms with Gasteiger partial charge in [0.25, 0.3) is 11.8 Å². The first-order valence-corrected chi connectivity index (χ1v) is 12.7. The molecule has 0 bridgehead atoms. The number of fused-ring (bicyclic) bond motifs is 1. The Labute approximate surface area is 204 Å². The van der Waals surface area contributed by atoms with Gasteiger partial charge >= 0.3 is 0 Å². The summed E-state index contributed by atoms with van der Waals surface area (Å²) < 4.78 is 16.7. The molecule has 182 valence electrons. The van der Waals surface area contributed by atoms with E-state index in [1.54, 1.807) is 17.8 Å². The summed E-state index contributed by atoms with van der Waals surface area (Å²) in [4.78, 5) is 27.6. The van der Waals surface area contributed by atoms with E-state index in [0.717, 1.165) is 29.3 Å². The fourth-order valence-electron chi connectivity index (χ4n) is 4.09. The molecule has 1 saturated heterocycles. The fraction of sp³-hybridized carbons (Fsp3) is 0.440. The van der Waals surface area contributed by atoms with Crippen molar-refractivity contribution in [3.05, 3.63) is 47.5 Å². The van der Waals surface area contributed by atoms with E-state index >= 15 is 0 Å². The first kappa shape index (κ1) is 24.4. The Morgan fingerprint density at radius 1 is 1.12 bits per heavy atom. The van der Waals surface area contributed by atoms with E-state index in [2.05, 4.69) is 10.6 Å². The van der Waals surface area contributed by atoms with E-state index in [1.165, 1.54) is 4.90 Å². The van der Waals surface area contributed by atoms with Crippen LogP contribution in [0, 0.1) is 0 Å². The summed E-state index contributed by atoms with van der Waals surface area (Å²) in [5, 5.41) is 5.77. The van der Waals surface area contributed by atoms with Crippen LogP contribution >= 0.6 is 11.8 Å². The van der Waals surface area contributed by atoms with Crippen LogP contribution in [0.5, 0.6) is 11.5 Å². The number of rotatable bonds is 9. The van der Waals surface area contributed by atoms with Gasteiger partial charge < -0.3 is 29.7 Å². The van der Waals surface area contributed by atoms with Crippen LogP contribution in [0.2, 0.25) is 0 Å². The van der Waals surface area contributed by atoms with Gasteiger partial charge in [0.15, 0.2) is 11.5 Å². The van der Waals surface area contributed by atoms with Gasteiger partial charge in [0.1, 0.15) is 13.1 Å². The summed E-state index contributed by atoms with van der Waals surface area (Å²) in [7, 11) is 0. The van der Waals surface area contributed by atoms with E-state index in [4.69, 9.17) is 14.2 Å². The summed E-state index contributed by atoms with van der Waals surface area (Å²) in [6.07, 6.45) is 0.666. The number of morpholine rings is 1. The maximum Gasteiger partial charge on any atom is 0.294 e. The second-order valence-corrected chi connectivity index (χ2v) is 9.27. The van der Waals surface area contributed by atoms with Gasteiger partial charge in [0, 0.05) is 17.0 Å². The molecule has 0 saturated carbocycles. The smallest absolute Gasteiger partial charge is 0.294 e. The zero-order valence-electron chi connectivity index (χ0n) is 19.6. The predicted octanol–water partition coefficient (Wildman–Crippen LogP) is 1.74. The first-order chi connectivity index (χ1) is 16.6. The van der Waals surface area contributed by atoms with Crippen molar-refractivity contribution in [1.82, 2.24) is 5.32 Å². The number of amides is 2. The van der Waals surface area contributed by atoms with Gasteiger partial charge in [-0.05, 0) is 56.2 Å². The highest BCUT2D eigenvalue weighted by Crippen LogP contribution is 2.34. The van der Waals surface area contributed by atoms with Crippen LogP contribution in [0.1, 0.15) is 29.8 Å². The molecule has 8 nitrogen and oxygen atoms in total. The molecule has 1 atom stereocenters. The first-order valence-electron chi connectivity index (χ1n) is 11.8. The van der Waals surface area contributed by atoms with Crippen molar-refractivity contribution in [1.29, 1.82) is 0 Å². The average molecular weight is 487 g/mol. The van der Waals surface area contributed by atoms with Gasteiger partial charge in [-0.2, -0.15) is 0 Å². The third-order valence-electron chi connectivity index (χ3n) is 5.80. The second kappa shape index (κ2) is 11.6. The maximum absolute atomic E-state index is 12.7. The molecule has 2 heterocycles. The molecular formula is C25H32N3O5S+. The number of anilines is 1. The molecule has 9 heteroatoms. The van der Waals surface area contributed by atoms with Crippen LogP contribution < -0.4 is 25.0 Å². The fourth-order valence-corrected chi connectivity index (χ4v) is 5.29. The topological polar surface area (TPSA) is 90.3 Å². The molecule has 2 aliphatic rings. The number of quaternary nitrogens is 1. The van der Waals surface area contributed by atoms with Crippen molar-refractivity contribution in [2.45, 2.75) is 30.5 Å².